The Morgan fingerprint density at radius 2 is 1.93 bits per heavy atom. The molecule has 2 aromatic heterocycles. The molecule has 3 aromatic rings. The number of carbonyl (C=O) groups is 1. The standard InChI is InChI=1S/C25H32ClFN5O7P/c1-13(2)36-23(34)14(3)31-40(35,39-17-8-6-16(26)7-9-17)38-15(4)19-20(33)25(5,27)24(37-19)32-11-10-18-21(28)29-12-30-22(18)32/h6-15,19-20,24,33H,1-5H3,(H,31,35)(H2,28,29,30)/t14-,15?,19+,20+,24+,25+,40?/m0/s1. The van der Waals surface area contributed by atoms with Gasteiger partial charge in [0.25, 0.3) is 0 Å². The summed E-state index contributed by atoms with van der Waals surface area (Å²) in [5, 5.41) is 14.4. The average Bonchev–Trinajstić information content (AvgIpc) is 3.39. The minimum absolute atomic E-state index is 0.119. The van der Waals surface area contributed by atoms with Crippen molar-refractivity contribution in [2.45, 2.75) is 77.0 Å². The molecule has 7 atom stereocenters. The largest absolute Gasteiger partial charge is 0.462 e. The maximum absolute atomic E-state index is 16.0. The lowest BCUT2D eigenvalue weighted by atomic mass is 9.96. The molecule has 218 valence electrons. The number of hydrogen-bond donors (Lipinski definition) is 3. The van der Waals surface area contributed by atoms with E-state index in [-0.39, 0.29) is 11.6 Å². The molecule has 15 heteroatoms. The minimum atomic E-state index is -4.36. The van der Waals surface area contributed by atoms with Crippen LogP contribution in [0.1, 0.15) is 40.8 Å². The first-order chi connectivity index (χ1) is 18.7. The lowest BCUT2D eigenvalue weighted by Crippen LogP contribution is -2.44. The molecule has 3 heterocycles. The number of hydrogen-bond acceptors (Lipinski definition) is 10. The van der Waals surface area contributed by atoms with Gasteiger partial charge in [-0.2, -0.15) is 5.09 Å². The highest BCUT2D eigenvalue weighted by Gasteiger charge is 2.57. The third-order valence-electron chi connectivity index (χ3n) is 6.32. The van der Waals surface area contributed by atoms with Crippen LogP contribution in [-0.2, 0) is 23.4 Å². The number of nitrogens with one attached hydrogen (secondary N) is 1. The second kappa shape index (κ2) is 11.6. The normalized spacial score (nSPS) is 26.0. The SMILES string of the molecule is CC(C)OC(=O)[C@H](C)NP(=O)(Oc1ccc(Cl)cc1)OC(C)[C@H]1O[C@@H](n2ccc3c(N)ncnc32)[C@](C)(F)[C@@H]1O. The van der Waals surface area contributed by atoms with Gasteiger partial charge in [-0.15, -0.1) is 0 Å². The molecular weight excluding hydrogens is 568 g/mol. The molecule has 0 spiro atoms. The molecule has 2 unspecified atom stereocenters. The number of anilines is 1. The number of nitrogen functional groups attached to an aromatic ring is 1. The number of aromatic nitrogens is 3. The zero-order valence-electron chi connectivity index (χ0n) is 22.5. The van der Waals surface area contributed by atoms with Gasteiger partial charge in [-0.1, -0.05) is 11.6 Å². The number of halogens is 2. The number of ether oxygens (including phenoxy) is 2. The monoisotopic (exact) mass is 599 g/mol. The molecular formula is C25H32ClFN5O7P. The number of nitrogens with zero attached hydrogens (tertiary/aromatic N) is 3. The van der Waals surface area contributed by atoms with E-state index in [4.69, 9.17) is 35.9 Å². The number of benzene rings is 1. The van der Waals surface area contributed by atoms with Gasteiger partial charge in [-0.3, -0.25) is 9.32 Å². The number of carbonyl (C=O) groups excluding carboxylic acids is 1. The van der Waals surface area contributed by atoms with Gasteiger partial charge in [0.1, 0.15) is 41.8 Å². The van der Waals surface area contributed by atoms with Crippen LogP contribution < -0.4 is 15.3 Å². The maximum atomic E-state index is 16.0. The Hall–Kier alpha value is -2.80. The Kier molecular flexibility index (Phi) is 8.74. The van der Waals surface area contributed by atoms with Crippen molar-refractivity contribution in [1.29, 1.82) is 0 Å². The highest BCUT2D eigenvalue weighted by atomic mass is 35.5. The van der Waals surface area contributed by atoms with E-state index in [9.17, 15) is 14.5 Å². The Morgan fingerprint density at radius 3 is 2.58 bits per heavy atom. The summed E-state index contributed by atoms with van der Waals surface area (Å²) in [7, 11) is -4.36. The number of aliphatic hydroxyl groups excluding tert-OH is 1. The summed E-state index contributed by atoms with van der Waals surface area (Å²) in [5.74, 6) is -0.373. The summed E-state index contributed by atoms with van der Waals surface area (Å²) in [4.78, 5) is 20.5. The van der Waals surface area contributed by atoms with E-state index in [2.05, 4.69) is 15.1 Å². The van der Waals surface area contributed by atoms with E-state index in [1.54, 1.807) is 19.9 Å². The highest BCUT2D eigenvalue weighted by molar-refractivity contribution is 7.52. The number of aliphatic hydroxyl groups is 1. The van der Waals surface area contributed by atoms with Crippen molar-refractivity contribution >= 4 is 42.2 Å². The molecule has 12 nitrogen and oxygen atoms in total. The third kappa shape index (κ3) is 6.24. The maximum Gasteiger partial charge on any atom is 0.459 e. The van der Waals surface area contributed by atoms with E-state index < -0.39 is 56.1 Å². The van der Waals surface area contributed by atoms with Crippen molar-refractivity contribution in [3.63, 3.8) is 0 Å². The number of alkyl halides is 1. The number of rotatable bonds is 10. The van der Waals surface area contributed by atoms with Crippen LogP contribution in [0.3, 0.4) is 0 Å². The minimum Gasteiger partial charge on any atom is -0.462 e. The molecule has 0 radical (unpaired) electrons. The molecule has 0 aliphatic carbocycles. The topological polar surface area (TPSA) is 160 Å². The molecule has 1 aliphatic rings. The van der Waals surface area contributed by atoms with E-state index in [0.717, 1.165) is 0 Å². The molecule has 0 saturated carbocycles. The van der Waals surface area contributed by atoms with E-state index >= 15 is 4.39 Å². The van der Waals surface area contributed by atoms with Crippen LogP contribution in [0.5, 0.6) is 5.75 Å². The molecule has 4 N–H and O–H groups in total. The van der Waals surface area contributed by atoms with Crippen molar-refractivity contribution in [3.05, 3.63) is 47.9 Å². The zero-order chi connectivity index (χ0) is 29.4. The van der Waals surface area contributed by atoms with Gasteiger partial charge in [-0.05, 0) is 65.0 Å². The molecule has 0 bridgehead atoms. The van der Waals surface area contributed by atoms with Gasteiger partial charge in [-0.25, -0.2) is 18.9 Å². The van der Waals surface area contributed by atoms with Crippen LogP contribution in [0, 0.1) is 0 Å². The fourth-order valence-electron chi connectivity index (χ4n) is 4.32. The predicted octanol–water partition coefficient (Wildman–Crippen LogP) is 4.18. The van der Waals surface area contributed by atoms with Gasteiger partial charge in [0.2, 0.25) is 0 Å². The molecule has 40 heavy (non-hydrogen) atoms. The predicted molar refractivity (Wildman–Crippen MR) is 145 cm³/mol. The molecule has 1 aliphatic heterocycles. The fraction of sp³-hybridized carbons (Fsp3) is 0.480. The Bertz CT molecular complexity index is 1410. The Labute approximate surface area is 235 Å². The van der Waals surface area contributed by atoms with Gasteiger partial charge in [0.05, 0.1) is 17.6 Å². The fourth-order valence-corrected chi connectivity index (χ4v) is 6.14. The average molecular weight is 600 g/mol. The van der Waals surface area contributed by atoms with Crippen LogP contribution in [0.25, 0.3) is 11.0 Å². The number of fused-ring (bicyclic) bond motifs is 1. The van der Waals surface area contributed by atoms with Gasteiger partial charge < -0.3 is 29.4 Å². The molecule has 1 aromatic carbocycles. The smallest absolute Gasteiger partial charge is 0.459 e. The van der Waals surface area contributed by atoms with Crippen LogP contribution in [0.2, 0.25) is 5.02 Å². The van der Waals surface area contributed by atoms with Crippen molar-refractivity contribution in [2.75, 3.05) is 5.73 Å². The van der Waals surface area contributed by atoms with Crippen molar-refractivity contribution < 1.29 is 37.4 Å². The first kappa shape index (κ1) is 30.2. The van der Waals surface area contributed by atoms with Crippen LogP contribution in [0.15, 0.2) is 42.9 Å². The van der Waals surface area contributed by atoms with Crippen molar-refractivity contribution in [1.82, 2.24) is 19.6 Å². The van der Waals surface area contributed by atoms with Gasteiger partial charge >= 0.3 is 13.7 Å². The zero-order valence-corrected chi connectivity index (χ0v) is 24.2. The lowest BCUT2D eigenvalue weighted by molar-refractivity contribution is -0.149. The van der Waals surface area contributed by atoms with Crippen molar-refractivity contribution in [2.24, 2.45) is 0 Å². The summed E-state index contributed by atoms with van der Waals surface area (Å²) in [6, 6.07) is 6.45. The third-order valence-corrected chi connectivity index (χ3v) is 8.33. The second-order valence-corrected chi connectivity index (χ2v) is 12.0. The quantitative estimate of drug-likeness (QED) is 0.227. The summed E-state index contributed by atoms with van der Waals surface area (Å²) < 4.78 is 54.0. The van der Waals surface area contributed by atoms with Crippen LogP contribution >= 0.6 is 19.3 Å². The van der Waals surface area contributed by atoms with Crippen molar-refractivity contribution in [3.8, 4) is 5.75 Å². The Balaban J connectivity index is 1.59. The number of esters is 1. The van der Waals surface area contributed by atoms with E-state index in [1.165, 1.54) is 62.1 Å². The molecule has 1 fully saturated rings. The lowest BCUT2D eigenvalue weighted by Gasteiger charge is -2.29. The number of nitrogens with two attached hydrogens (primary N) is 1. The van der Waals surface area contributed by atoms with Crippen LogP contribution in [-0.4, -0.2) is 61.7 Å². The van der Waals surface area contributed by atoms with Gasteiger partial charge in [0, 0.05) is 11.2 Å². The molecule has 1 saturated heterocycles. The van der Waals surface area contributed by atoms with E-state index in [1.807, 2.05) is 0 Å². The highest BCUT2D eigenvalue weighted by Crippen LogP contribution is 2.50. The van der Waals surface area contributed by atoms with Gasteiger partial charge in [0.15, 0.2) is 11.9 Å². The van der Waals surface area contributed by atoms with E-state index in [0.29, 0.717) is 16.1 Å². The second-order valence-electron chi connectivity index (χ2n) is 9.96. The van der Waals surface area contributed by atoms with Crippen LogP contribution in [0.4, 0.5) is 10.2 Å². The molecule has 4 rings (SSSR count). The molecule has 0 amide bonds. The summed E-state index contributed by atoms with van der Waals surface area (Å²) in [6.07, 6.45) is -3.21. The first-order valence-corrected chi connectivity index (χ1v) is 14.4. The summed E-state index contributed by atoms with van der Waals surface area (Å²) >= 11 is 5.94. The summed E-state index contributed by atoms with van der Waals surface area (Å²) in [6.45, 7) is 7.39. The Morgan fingerprint density at radius 1 is 1.25 bits per heavy atom. The summed E-state index contributed by atoms with van der Waals surface area (Å²) in [5.41, 5.74) is 3.89. The first-order valence-electron chi connectivity index (χ1n) is 12.5.